The number of carbonyl (C=O) groups is 1. The van der Waals surface area contributed by atoms with Gasteiger partial charge in [0.05, 0.1) is 12.8 Å². The van der Waals surface area contributed by atoms with Gasteiger partial charge in [-0.2, -0.15) is 0 Å². The van der Waals surface area contributed by atoms with Gasteiger partial charge >= 0.3 is 0 Å². The number of hydrogen-bond donors (Lipinski definition) is 1. The largest absolute Gasteiger partial charge is 0.492 e. The van der Waals surface area contributed by atoms with Crippen LogP contribution in [0.3, 0.4) is 0 Å². The summed E-state index contributed by atoms with van der Waals surface area (Å²) in [6.45, 7) is 6.68. The maximum Gasteiger partial charge on any atom is 0.289 e. The molecule has 0 bridgehead atoms. The van der Waals surface area contributed by atoms with E-state index in [-0.39, 0.29) is 12.7 Å². The molecule has 1 aromatic heterocycles. The van der Waals surface area contributed by atoms with Gasteiger partial charge in [-0.3, -0.25) is 4.79 Å². The van der Waals surface area contributed by atoms with Gasteiger partial charge in [0.15, 0.2) is 23.2 Å². The Morgan fingerprint density at radius 3 is 2.70 bits per heavy atom. The summed E-state index contributed by atoms with van der Waals surface area (Å²) < 4.78 is 21.7. The molecule has 3 heterocycles. The summed E-state index contributed by atoms with van der Waals surface area (Å²) in [6.07, 6.45) is 1.52. The van der Waals surface area contributed by atoms with Crippen LogP contribution in [0.2, 0.25) is 0 Å². The van der Waals surface area contributed by atoms with E-state index in [1.807, 2.05) is 30.0 Å². The number of rotatable bonds is 6. The fourth-order valence-corrected chi connectivity index (χ4v) is 3.38. The highest BCUT2D eigenvalue weighted by molar-refractivity contribution is 5.91. The molecule has 4 rings (SSSR count). The van der Waals surface area contributed by atoms with Crippen LogP contribution in [0.5, 0.6) is 17.2 Å². The van der Waals surface area contributed by atoms with Crippen LogP contribution < -0.4 is 19.5 Å². The van der Waals surface area contributed by atoms with Crippen molar-refractivity contribution < 1.29 is 23.4 Å². The highest BCUT2D eigenvalue weighted by Crippen LogP contribution is 2.35. The number of carbonyl (C=O) groups excluding carboxylic acids is 1. The van der Waals surface area contributed by atoms with Gasteiger partial charge in [-0.05, 0) is 31.2 Å². The Morgan fingerprint density at radius 1 is 1.13 bits per heavy atom. The first kappa shape index (κ1) is 19.9. The highest BCUT2D eigenvalue weighted by atomic mass is 16.7. The van der Waals surface area contributed by atoms with Gasteiger partial charge in [0, 0.05) is 38.8 Å². The molecule has 0 saturated carbocycles. The predicted molar refractivity (Wildman–Crippen MR) is 110 cm³/mol. The molecule has 1 fully saturated rings. The van der Waals surface area contributed by atoms with Crippen molar-refractivity contribution in [3.05, 3.63) is 42.4 Å². The first-order chi connectivity index (χ1) is 14.7. The first-order valence-electron chi connectivity index (χ1n) is 10.1. The zero-order valence-electron chi connectivity index (χ0n) is 17.0. The van der Waals surface area contributed by atoms with Gasteiger partial charge in [0.2, 0.25) is 6.79 Å². The fourth-order valence-electron chi connectivity index (χ4n) is 3.38. The molecule has 2 aliphatic heterocycles. The smallest absolute Gasteiger partial charge is 0.289 e. The lowest BCUT2D eigenvalue weighted by atomic mass is 10.3. The first-order valence-corrected chi connectivity index (χ1v) is 10.1. The summed E-state index contributed by atoms with van der Waals surface area (Å²) in [4.78, 5) is 21.1. The van der Waals surface area contributed by atoms with Crippen molar-refractivity contribution in [1.82, 2.24) is 15.1 Å². The molecule has 0 aliphatic carbocycles. The van der Waals surface area contributed by atoms with Crippen LogP contribution in [0.25, 0.3) is 0 Å². The topological polar surface area (TPSA) is 88.8 Å². The number of nitrogens with zero attached hydrogens (tertiary/aromatic N) is 3. The molecule has 2 aromatic rings. The van der Waals surface area contributed by atoms with Gasteiger partial charge in [0.25, 0.3) is 5.91 Å². The molecule has 9 nitrogen and oxygen atoms in total. The molecule has 160 valence electrons. The predicted octanol–water partition coefficient (Wildman–Crippen LogP) is 1.81. The minimum absolute atomic E-state index is 0.0706. The summed E-state index contributed by atoms with van der Waals surface area (Å²) in [6, 6.07) is 8.95. The number of piperazine rings is 1. The van der Waals surface area contributed by atoms with Crippen LogP contribution in [0, 0.1) is 0 Å². The van der Waals surface area contributed by atoms with Crippen LogP contribution in [0.1, 0.15) is 17.5 Å². The molecule has 0 radical (unpaired) electrons. The third kappa shape index (κ3) is 4.61. The van der Waals surface area contributed by atoms with Crippen molar-refractivity contribution >= 4 is 11.9 Å². The minimum Gasteiger partial charge on any atom is -0.492 e. The van der Waals surface area contributed by atoms with E-state index in [2.05, 4.69) is 15.2 Å². The van der Waals surface area contributed by atoms with E-state index in [1.54, 1.807) is 12.1 Å². The number of amides is 1. The molecule has 2 aliphatic rings. The van der Waals surface area contributed by atoms with Crippen molar-refractivity contribution in [1.29, 1.82) is 0 Å². The number of nitrogens with one attached hydrogen (secondary N) is 1. The van der Waals surface area contributed by atoms with Crippen LogP contribution in [-0.4, -0.2) is 74.3 Å². The molecule has 0 unspecified atom stereocenters. The van der Waals surface area contributed by atoms with E-state index in [0.717, 1.165) is 24.0 Å². The van der Waals surface area contributed by atoms with E-state index in [4.69, 9.17) is 18.6 Å². The molecule has 1 aromatic carbocycles. The van der Waals surface area contributed by atoms with Crippen LogP contribution in [0.15, 0.2) is 46.0 Å². The van der Waals surface area contributed by atoms with E-state index in [1.165, 1.54) is 6.26 Å². The Balaban J connectivity index is 1.27. The summed E-state index contributed by atoms with van der Waals surface area (Å²) in [5.41, 5.74) is 0. The zero-order valence-corrected chi connectivity index (χ0v) is 17.0. The molecular weight excluding hydrogens is 388 g/mol. The van der Waals surface area contributed by atoms with E-state index in [0.29, 0.717) is 50.8 Å². The lowest BCUT2D eigenvalue weighted by Gasteiger charge is -2.36. The van der Waals surface area contributed by atoms with Crippen molar-refractivity contribution in [3.8, 4) is 17.2 Å². The fraction of sp³-hybridized carbons (Fsp3) is 0.429. The van der Waals surface area contributed by atoms with Crippen LogP contribution in [-0.2, 0) is 0 Å². The van der Waals surface area contributed by atoms with Crippen molar-refractivity contribution in [3.63, 3.8) is 0 Å². The quantitative estimate of drug-likeness (QED) is 0.438. The average Bonchev–Trinajstić information content (AvgIpc) is 3.47. The monoisotopic (exact) mass is 414 g/mol. The van der Waals surface area contributed by atoms with Crippen molar-refractivity contribution in [2.75, 3.05) is 52.7 Å². The molecule has 0 atom stereocenters. The second-order valence-corrected chi connectivity index (χ2v) is 6.86. The third-order valence-electron chi connectivity index (χ3n) is 4.90. The third-order valence-corrected chi connectivity index (χ3v) is 4.90. The number of guanidine groups is 1. The summed E-state index contributed by atoms with van der Waals surface area (Å²) in [5.74, 6) is 3.30. The van der Waals surface area contributed by atoms with Crippen molar-refractivity contribution in [2.24, 2.45) is 4.99 Å². The number of benzene rings is 1. The van der Waals surface area contributed by atoms with Crippen molar-refractivity contribution in [2.45, 2.75) is 6.92 Å². The lowest BCUT2D eigenvalue weighted by molar-refractivity contribution is 0.0657. The van der Waals surface area contributed by atoms with Gasteiger partial charge in [-0.1, -0.05) is 0 Å². The maximum absolute atomic E-state index is 12.4. The molecule has 30 heavy (non-hydrogen) atoms. The van der Waals surface area contributed by atoms with Crippen LogP contribution >= 0.6 is 0 Å². The Hall–Kier alpha value is -3.36. The Morgan fingerprint density at radius 2 is 1.93 bits per heavy atom. The summed E-state index contributed by atoms with van der Waals surface area (Å²) in [7, 11) is 0. The summed E-state index contributed by atoms with van der Waals surface area (Å²) in [5, 5.41) is 3.32. The normalized spacial score (nSPS) is 16.0. The van der Waals surface area contributed by atoms with E-state index < -0.39 is 0 Å². The molecule has 1 N–H and O–H groups in total. The number of furan rings is 1. The number of aliphatic imine (C=N–C) groups is 1. The van der Waals surface area contributed by atoms with Gasteiger partial charge in [-0.25, -0.2) is 4.99 Å². The second-order valence-electron chi connectivity index (χ2n) is 6.86. The minimum atomic E-state index is -0.0706. The molecule has 1 saturated heterocycles. The average molecular weight is 414 g/mol. The highest BCUT2D eigenvalue weighted by Gasteiger charge is 2.25. The van der Waals surface area contributed by atoms with E-state index >= 15 is 0 Å². The Labute approximate surface area is 175 Å². The summed E-state index contributed by atoms with van der Waals surface area (Å²) >= 11 is 0. The van der Waals surface area contributed by atoms with Gasteiger partial charge in [-0.15, -0.1) is 0 Å². The zero-order chi connectivity index (χ0) is 20.8. The van der Waals surface area contributed by atoms with Gasteiger partial charge < -0.3 is 33.7 Å². The second kappa shape index (κ2) is 9.43. The Bertz CT molecular complexity index is 876. The SMILES string of the molecule is CCNC(=NCCOc1ccc2c(c1)OCO2)N1CCN(C(=O)c2ccco2)CC1. The standard InChI is InChI=1S/C21H26N4O5/c1-2-22-21(23-7-13-27-16-5-6-17-19(14-16)30-15-29-17)25-10-8-24(9-11-25)20(26)18-4-3-12-28-18/h3-6,12,14H,2,7-11,13,15H2,1H3,(H,22,23). The number of ether oxygens (including phenoxy) is 3. The number of hydrogen-bond acceptors (Lipinski definition) is 6. The molecule has 0 spiro atoms. The lowest BCUT2D eigenvalue weighted by Crippen LogP contribution is -2.53. The molecule has 9 heteroatoms. The molecular formula is C21H26N4O5. The van der Waals surface area contributed by atoms with E-state index in [9.17, 15) is 4.79 Å². The maximum atomic E-state index is 12.4. The van der Waals surface area contributed by atoms with Crippen LogP contribution in [0.4, 0.5) is 0 Å². The number of fused-ring (bicyclic) bond motifs is 1. The Kier molecular flexibility index (Phi) is 6.26. The van der Waals surface area contributed by atoms with Gasteiger partial charge in [0.1, 0.15) is 12.4 Å². The molecule has 1 amide bonds.